The third kappa shape index (κ3) is 1.91. The number of hydrogen-bond acceptors (Lipinski definition) is 3. The number of rotatable bonds is 1. The van der Waals surface area contributed by atoms with Crippen LogP contribution in [0.25, 0.3) is 0 Å². The minimum atomic E-state index is -1.14. The summed E-state index contributed by atoms with van der Waals surface area (Å²) in [6, 6.07) is 0. The largest absolute Gasteiger partial charge is 0.390 e. The molecule has 2 aliphatic rings. The first-order valence-corrected chi connectivity index (χ1v) is 7.20. The zero-order chi connectivity index (χ0) is 13.8. The van der Waals surface area contributed by atoms with Crippen LogP contribution in [0.5, 0.6) is 0 Å². The van der Waals surface area contributed by atoms with Crippen molar-refractivity contribution in [3.05, 3.63) is 0 Å². The Morgan fingerprint density at radius 1 is 0.944 bits per heavy atom. The molecule has 2 fully saturated rings. The highest BCUT2D eigenvalue weighted by Gasteiger charge is 2.56. The van der Waals surface area contributed by atoms with Crippen molar-refractivity contribution in [3.8, 4) is 0 Å². The van der Waals surface area contributed by atoms with Gasteiger partial charge >= 0.3 is 0 Å². The minimum Gasteiger partial charge on any atom is -0.390 e. The van der Waals surface area contributed by atoms with Crippen molar-refractivity contribution in [2.24, 2.45) is 16.7 Å². The Balaban J connectivity index is 2.25. The molecule has 0 radical (unpaired) electrons. The highest BCUT2D eigenvalue weighted by molar-refractivity contribution is 5.06. The minimum absolute atomic E-state index is 0.0594. The summed E-state index contributed by atoms with van der Waals surface area (Å²) in [4.78, 5) is 0. The average Bonchev–Trinajstić information content (AvgIpc) is 2.51. The Morgan fingerprint density at radius 2 is 1.56 bits per heavy atom. The maximum Gasteiger partial charge on any atom is 0.108 e. The molecule has 0 unspecified atom stereocenters. The molecule has 106 valence electrons. The molecular weight excluding hydrogens is 228 g/mol. The van der Waals surface area contributed by atoms with Crippen LogP contribution in [0.1, 0.15) is 59.8 Å². The fourth-order valence-corrected chi connectivity index (χ4v) is 4.26. The van der Waals surface area contributed by atoms with E-state index in [-0.39, 0.29) is 16.7 Å². The van der Waals surface area contributed by atoms with E-state index in [1.165, 1.54) is 12.8 Å². The van der Waals surface area contributed by atoms with Gasteiger partial charge in [0.2, 0.25) is 0 Å². The van der Waals surface area contributed by atoms with Crippen molar-refractivity contribution in [3.63, 3.8) is 0 Å². The second-order valence-electron chi connectivity index (χ2n) is 7.59. The lowest BCUT2D eigenvalue weighted by atomic mass is 9.56. The first-order chi connectivity index (χ1) is 8.12. The van der Waals surface area contributed by atoms with Crippen molar-refractivity contribution in [2.45, 2.75) is 77.6 Å². The Hall–Kier alpha value is -0.120. The van der Waals surface area contributed by atoms with Gasteiger partial charge in [-0.3, -0.25) is 0 Å². The fourth-order valence-electron chi connectivity index (χ4n) is 4.26. The SMILES string of the molecule is CC1(C)CCC[C@@]1(C)[C@@H]1CC[C@](C)(O)[C@@H](O)[C@H]1O. The first-order valence-electron chi connectivity index (χ1n) is 7.20. The molecule has 3 nitrogen and oxygen atoms in total. The summed E-state index contributed by atoms with van der Waals surface area (Å²) >= 11 is 0. The molecule has 0 aliphatic heterocycles. The van der Waals surface area contributed by atoms with Crippen LogP contribution in [0, 0.1) is 16.7 Å². The van der Waals surface area contributed by atoms with Crippen LogP contribution >= 0.6 is 0 Å². The van der Waals surface area contributed by atoms with E-state index >= 15 is 0 Å². The maximum absolute atomic E-state index is 10.4. The number of aliphatic hydroxyl groups excluding tert-OH is 2. The Kier molecular flexibility index (Phi) is 3.33. The molecule has 18 heavy (non-hydrogen) atoms. The summed E-state index contributed by atoms with van der Waals surface area (Å²) < 4.78 is 0. The van der Waals surface area contributed by atoms with Gasteiger partial charge in [-0.2, -0.15) is 0 Å². The summed E-state index contributed by atoms with van der Waals surface area (Å²) in [6.45, 7) is 8.41. The van der Waals surface area contributed by atoms with Gasteiger partial charge in [-0.15, -0.1) is 0 Å². The lowest BCUT2D eigenvalue weighted by molar-refractivity contribution is -0.187. The van der Waals surface area contributed by atoms with E-state index in [1.54, 1.807) is 6.92 Å². The molecule has 3 N–H and O–H groups in total. The summed E-state index contributed by atoms with van der Waals surface area (Å²) in [7, 11) is 0. The van der Waals surface area contributed by atoms with Gasteiger partial charge in [-0.25, -0.2) is 0 Å². The topological polar surface area (TPSA) is 60.7 Å². The molecule has 2 rings (SSSR count). The van der Waals surface area contributed by atoms with Gasteiger partial charge in [0, 0.05) is 0 Å². The zero-order valence-electron chi connectivity index (χ0n) is 12.1. The molecule has 0 aromatic heterocycles. The van der Waals surface area contributed by atoms with Gasteiger partial charge < -0.3 is 15.3 Å². The summed E-state index contributed by atoms with van der Waals surface area (Å²) in [6.07, 6.45) is 3.02. The third-order valence-corrected chi connectivity index (χ3v) is 6.20. The molecule has 0 heterocycles. The summed E-state index contributed by atoms with van der Waals surface area (Å²) in [5.74, 6) is 0.0882. The van der Waals surface area contributed by atoms with Crippen LogP contribution < -0.4 is 0 Å². The quantitative estimate of drug-likeness (QED) is 0.673. The molecule has 2 saturated carbocycles. The third-order valence-electron chi connectivity index (χ3n) is 6.20. The first kappa shape index (κ1) is 14.3. The van der Waals surface area contributed by atoms with Crippen LogP contribution in [0.15, 0.2) is 0 Å². The van der Waals surface area contributed by atoms with Gasteiger partial charge in [-0.1, -0.05) is 27.2 Å². The smallest absolute Gasteiger partial charge is 0.108 e. The Labute approximate surface area is 110 Å². The van der Waals surface area contributed by atoms with Crippen LogP contribution in [-0.4, -0.2) is 33.1 Å². The van der Waals surface area contributed by atoms with E-state index in [9.17, 15) is 15.3 Å². The van der Waals surface area contributed by atoms with E-state index in [0.717, 1.165) is 12.8 Å². The average molecular weight is 256 g/mol. The fraction of sp³-hybridized carbons (Fsp3) is 1.00. The lowest BCUT2D eigenvalue weighted by Gasteiger charge is -2.52. The van der Waals surface area contributed by atoms with Crippen molar-refractivity contribution in [2.75, 3.05) is 0 Å². The van der Waals surface area contributed by atoms with E-state index < -0.39 is 17.8 Å². The number of hydrogen-bond donors (Lipinski definition) is 3. The molecular formula is C15H28O3. The Morgan fingerprint density at radius 3 is 2.06 bits per heavy atom. The predicted molar refractivity (Wildman–Crippen MR) is 71.1 cm³/mol. The highest BCUT2D eigenvalue weighted by Crippen LogP contribution is 2.60. The van der Waals surface area contributed by atoms with Crippen molar-refractivity contribution < 1.29 is 15.3 Å². The molecule has 0 bridgehead atoms. The molecule has 0 aromatic carbocycles. The van der Waals surface area contributed by atoms with E-state index in [1.807, 2.05) is 0 Å². The van der Waals surface area contributed by atoms with Gasteiger partial charge in [0.05, 0.1) is 11.7 Å². The highest BCUT2D eigenvalue weighted by atomic mass is 16.4. The van der Waals surface area contributed by atoms with Gasteiger partial charge in [0.1, 0.15) is 6.10 Å². The van der Waals surface area contributed by atoms with Gasteiger partial charge in [-0.05, 0) is 49.4 Å². The standard InChI is InChI=1S/C15H28O3/c1-13(2)7-5-8-14(13,3)10-6-9-15(4,18)12(17)11(10)16/h10-12,16-18H,5-9H2,1-4H3/t10-,11+,12+,14+,15+/m1/s1. The molecule has 3 heteroatoms. The molecule has 0 saturated heterocycles. The monoisotopic (exact) mass is 256 g/mol. The summed E-state index contributed by atoms with van der Waals surface area (Å²) in [5, 5.41) is 30.6. The molecule has 0 amide bonds. The van der Waals surface area contributed by atoms with Gasteiger partial charge in [0.15, 0.2) is 0 Å². The van der Waals surface area contributed by atoms with E-state index in [2.05, 4.69) is 20.8 Å². The predicted octanol–water partition coefficient (Wildman–Crippen LogP) is 2.09. The van der Waals surface area contributed by atoms with Crippen LogP contribution in [0.3, 0.4) is 0 Å². The molecule has 0 aromatic rings. The normalized spacial score (nSPS) is 52.5. The lowest BCUT2D eigenvalue weighted by Crippen LogP contribution is -2.58. The van der Waals surface area contributed by atoms with Gasteiger partial charge in [0.25, 0.3) is 0 Å². The van der Waals surface area contributed by atoms with Crippen LogP contribution in [0.4, 0.5) is 0 Å². The van der Waals surface area contributed by atoms with Crippen LogP contribution in [0.2, 0.25) is 0 Å². The second-order valence-corrected chi connectivity index (χ2v) is 7.59. The van der Waals surface area contributed by atoms with Crippen molar-refractivity contribution in [1.29, 1.82) is 0 Å². The van der Waals surface area contributed by atoms with Crippen molar-refractivity contribution in [1.82, 2.24) is 0 Å². The van der Waals surface area contributed by atoms with E-state index in [0.29, 0.717) is 6.42 Å². The Bertz CT molecular complexity index is 324. The summed E-state index contributed by atoms with van der Waals surface area (Å²) in [5.41, 5.74) is -0.888. The van der Waals surface area contributed by atoms with E-state index in [4.69, 9.17) is 0 Å². The molecule has 5 atom stereocenters. The number of aliphatic hydroxyl groups is 3. The van der Waals surface area contributed by atoms with Crippen LogP contribution in [-0.2, 0) is 0 Å². The zero-order valence-corrected chi connectivity index (χ0v) is 12.1. The molecule has 0 spiro atoms. The maximum atomic E-state index is 10.4. The second kappa shape index (κ2) is 4.19. The molecule has 2 aliphatic carbocycles. The van der Waals surface area contributed by atoms with Crippen molar-refractivity contribution >= 4 is 0 Å².